The quantitative estimate of drug-likeness (QED) is 0.476. The standard InChI is InChI=1S/C9H6ClFOTe/c10-13-5-4-9(12)7-2-1-3-8(11)6-7/h1-6H/b5-4-. The summed E-state index contributed by atoms with van der Waals surface area (Å²) in [7, 11) is 5.48. The first-order valence-corrected chi connectivity index (χ1v) is 7.77. The van der Waals surface area contributed by atoms with Gasteiger partial charge in [0.1, 0.15) is 0 Å². The summed E-state index contributed by atoms with van der Waals surface area (Å²) in [4.78, 5) is 11.3. The van der Waals surface area contributed by atoms with Crippen molar-refractivity contribution in [1.29, 1.82) is 0 Å². The van der Waals surface area contributed by atoms with E-state index in [1.165, 1.54) is 24.3 Å². The fourth-order valence-corrected chi connectivity index (χ4v) is 1.67. The average molecular weight is 312 g/mol. The number of carbonyl (C=O) groups is 1. The molecule has 0 saturated carbocycles. The number of carbonyl (C=O) groups excluding carboxylic acids is 1. The van der Waals surface area contributed by atoms with Crippen molar-refractivity contribution in [3.63, 3.8) is 0 Å². The minimum atomic E-state index is -0.699. The van der Waals surface area contributed by atoms with Gasteiger partial charge in [-0.1, -0.05) is 0 Å². The van der Waals surface area contributed by atoms with Crippen LogP contribution in [0.15, 0.2) is 34.5 Å². The second-order valence-corrected chi connectivity index (χ2v) is 4.75. The average Bonchev–Trinajstić information content (AvgIpc) is 2.14. The molecule has 1 nitrogen and oxygen atoms in total. The molecule has 68 valence electrons. The van der Waals surface area contributed by atoms with E-state index in [4.69, 9.17) is 8.96 Å². The van der Waals surface area contributed by atoms with E-state index in [-0.39, 0.29) is 5.78 Å². The first-order chi connectivity index (χ1) is 6.24. The van der Waals surface area contributed by atoms with Crippen LogP contribution >= 0.6 is 8.96 Å². The van der Waals surface area contributed by atoms with Gasteiger partial charge in [-0.2, -0.15) is 0 Å². The molecule has 0 heterocycles. The molecule has 1 rings (SSSR count). The number of rotatable bonds is 3. The molecule has 0 aliphatic carbocycles. The molecule has 0 unspecified atom stereocenters. The van der Waals surface area contributed by atoms with Crippen molar-refractivity contribution in [3.05, 3.63) is 45.8 Å². The van der Waals surface area contributed by atoms with E-state index in [0.29, 0.717) is 5.56 Å². The van der Waals surface area contributed by atoms with Gasteiger partial charge in [-0.25, -0.2) is 0 Å². The van der Waals surface area contributed by atoms with Crippen molar-refractivity contribution in [1.82, 2.24) is 0 Å². The maximum atomic E-state index is 12.7. The number of hydrogen-bond acceptors (Lipinski definition) is 1. The van der Waals surface area contributed by atoms with E-state index in [1.807, 2.05) is 0 Å². The third-order valence-corrected chi connectivity index (χ3v) is 2.75. The third-order valence-electron chi connectivity index (χ3n) is 1.38. The topological polar surface area (TPSA) is 17.1 Å². The van der Waals surface area contributed by atoms with Crippen molar-refractivity contribution in [2.45, 2.75) is 0 Å². The minimum absolute atomic E-state index is 0.203. The Morgan fingerprint density at radius 2 is 2.31 bits per heavy atom. The summed E-state index contributed by atoms with van der Waals surface area (Å²) in [5.74, 6) is -0.605. The van der Waals surface area contributed by atoms with Crippen LogP contribution in [0.1, 0.15) is 10.4 Å². The summed E-state index contributed by atoms with van der Waals surface area (Å²) < 4.78 is 14.3. The molecule has 1 aromatic carbocycles. The van der Waals surface area contributed by atoms with Crippen molar-refractivity contribution >= 4 is 34.6 Å². The molecule has 0 N–H and O–H groups in total. The molecule has 0 aliphatic heterocycles. The van der Waals surface area contributed by atoms with Gasteiger partial charge in [-0.05, 0) is 0 Å². The fraction of sp³-hybridized carbons (Fsp3) is 0. The third kappa shape index (κ3) is 3.48. The van der Waals surface area contributed by atoms with Gasteiger partial charge in [-0.3, -0.25) is 0 Å². The predicted molar refractivity (Wildman–Crippen MR) is 51.5 cm³/mol. The number of allylic oxidation sites excluding steroid dienone is 1. The zero-order valence-corrected chi connectivity index (χ0v) is 9.62. The molecule has 1 aromatic rings. The van der Waals surface area contributed by atoms with Crippen LogP contribution in [0, 0.1) is 5.82 Å². The maximum absolute atomic E-state index is 12.7. The van der Waals surface area contributed by atoms with Crippen LogP contribution in [-0.2, 0) is 0 Å². The SMILES string of the molecule is O=C(/C=C\[Te]Cl)c1cccc(F)c1. The van der Waals surface area contributed by atoms with E-state index < -0.39 is 25.6 Å². The molecule has 0 amide bonds. The summed E-state index contributed by atoms with van der Waals surface area (Å²) in [5, 5.41) is 0. The van der Waals surface area contributed by atoms with Crippen LogP contribution < -0.4 is 0 Å². The molecule has 0 radical (unpaired) electrons. The monoisotopic (exact) mass is 314 g/mol. The first-order valence-electron chi connectivity index (χ1n) is 3.48. The van der Waals surface area contributed by atoms with Crippen LogP contribution in [0.4, 0.5) is 4.39 Å². The summed E-state index contributed by atoms with van der Waals surface area (Å²) in [6, 6.07) is 5.59. The van der Waals surface area contributed by atoms with Gasteiger partial charge >= 0.3 is 89.6 Å². The van der Waals surface area contributed by atoms with E-state index in [9.17, 15) is 9.18 Å². The number of hydrogen-bond donors (Lipinski definition) is 0. The molecule has 0 aliphatic rings. The van der Waals surface area contributed by atoms with Crippen LogP contribution in [0.2, 0.25) is 0 Å². The second kappa shape index (κ2) is 5.39. The number of halogens is 2. The van der Waals surface area contributed by atoms with E-state index in [0.717, 1.165) is 0 Å². The van der Waals surface area contributed by atoms with Crippen molar-refractivity contribution < 1.29 is 9.18 Å². The molecule has 0 spiro atoms. The van der Waals surface area contributed by atoms with Crippen LogP contribution in [0.25, 0.3) is 0 Å². The molecule has 0 aromatic heterocycles. The molecule has 0 bridgehead atoms. The Bertz CT molecular complexity index is 338. The molecular formula is C9H6ClFOTe. The molecular weight excluding hydrogens is 306 g/mol. The Morgan fingerprint density at radius 3 is 2.92 bits per heavy atom. The summed E-state index contributed by atoms with van der Waals surface area (Å²) in [6.45, 7) is 0. The van der Waals surface area contributed by atoms with Gasteiger partial charge < -0.3 is 0 Å². The van der Waals surface area contributed by atoms with Crippen LogP contribution in [0.3, 0.4) is 0 Å². The molecule has 0 atom stereocenters. The van der Waals surface area contributed by atoms with Gasteiger partial charge in [0, 0.05) is 0 Å². The van der Waals surface area contributed by atoms with Crippen molar-refractivity contribution in [2.75, 3.05) is 0 Å². The van der Waals surface area contributed by atoms with Crippen LogP contribution in [0.5, 0.6) is 0 Å². The predicted octanol–water partition coefficient (Wildman–Crippen LogP) is 2.38. The van der Waals surface area contributed by atoms with Gasteiger partial charge in [0.05, 0.1) is 0 Å². The van der Waals surface area contributed by atoms with Crippen molar-refractivity contribution in [2.24, 2.45) is 0 Å². The second-order valence-electron chi connectivity index (χ2n) is 2.27. The summed E-state index contributed by atoms with van der Waals surface area (Å²) in [6.07, 6.45) is 1.39. The fourth-order valence-electron chi connectivity index (χ4n) is 0.825. The number of ketones is 1. The van der Waals surface area contributed by atoms with Gasteiger partial charge in [0.25, 0.3) is 0 Å². The molecule has 13 heavy (non-hydrogen) atoms. The van der Waals surface area contributed by atoms with Crippen LogP contribution in [-0.4, -0.2) is 25.6 Å². The normalized spacial score (nSPS) is 10.6. The molecule has 0 saturated heterocycles. The Balaban J connectivity index is 2.83. The molecule has 4 heteroatoms. The van der Waals surface area contributed by atoms with E-state index in [1.54, 1.807) is 10.2 Å². The Kier molecular flexibility index (Phi) is 4.44. The zero-order valence-electron chi connectivity index (χ0n) is 6.54. The Hall–Kier alpha value is -0.360. The van der Waals surface area contributed by atoms with Gasteiger partial charge in [0.2, 0.25) is 0 Å². The Morgan fingerprint density at radius 1 is 1.54 bits per heavy atom. The Labute approximate surface area is 89.4 Å². The zero-order chi connectivity index (χ0) is 9.68. The molecule has 0 fully saturated rings. The summed E-state index contributed by atoms with van der Waals surface area (Å²) in [5.41, 5.74) is 0.355. The summed E-state index contributed by atoms with van der Waals surface area (Å²) >= 11 is -0.699. The van der Waals surface area contributed by atoms with Gasteiger partial charge in [0.15, 0.2) is 0 Å². The number of benzene rings is 1. The first kappa shape index (κ1) is 10.7. The van der Waals surface area contributed by atoms with E-state index in [2.05, 4.69) is 0 Å². The van der Waals surface area contributed by atoms with E-state index >= 15 is 0 Å². The van der Waals surface area contributed by atoms with Crippen molar-refractivity contribution in [3.8, 4) is 0 Å². The van der Waals surface area contributed by atoms with Gasteiger partial charge in [-0.15, -0.1) is 0 Å².